The molecule has 1 atom stereocenters. The Morgan fingerprint density at radius 1 is 1.12 bits per heavy atom. The molecule has 32 heavy (non-hydrogen) atoms. The van der Waals surface area contributed by atoms with Crippen LogP contribution >= 0.6 is 23.4 Å². The van der Waals surface area contributed by atoms with Crippen LogP contribution in [0.4, 0.5) is 4.39 Å². The molecule has 1 aliphatic carbocycles. The highest BCUT2D eigenvalue weighted by molar-refractivity contribution is 7.99. The van der Waals surface area contributed by atoms with Crippen molar-refractivity contribution >= 4 is 35.2 Å². The summed E-state index contributed by atoms with van der Waals surface area (Å²) in [4.78, 5) is 27.6. The van der Waals surface area contributed by atoms with Crippen LogP contribution in [0, 0.1) is 5.82 Å². The van der Waals surface area contributed by atoms with E-state index < -0.39 is 6.04 Å². The van der Waals surface area contributed by atoms with E-state index in [1.807, 2.05) is 24.3 Å². The molecule has 0 aliphatic heterocycles. The number of carbonyl (C=O) groups is 2. The molecule has 2 aromatic carbocycles. The Labute approximate surface area is 198 Å². The second-order valence-corrected chi connectivity index (χ2v) is 9.67. The molecule has 1 fully saturated rings. The molecule has 1 aliphatic rings. The molecule has 4 nitrogen and oxygen atoms in total. The fraction of sp³-hybridized carbons (Fsp3) is 0.440. The van der Waals surface area contributed by atoms with Crippen molar-refractivity contribution in [3.05, 3.63) is 70.5 Å². The lowest BCUT2D eigenvalue weighted by atomic mass is 9.95. The standard InChI is InChI=1S/C25H30ClFN2O2S/c1-18(25(31)28-22-8-3-2-4-9-22)29(15-20-7-5-6-10-23(20)27)24(30)17-32-16-19-11-13-21(26)14-12-19/h5-7,10-14,18,22H,2-4,8-9,15-17H2,1H3,(H,28,31)/t18-/m0/s1. The zero-order valence-corrected chi connectivity index (χ0v) is 19.9. The van der Waals surface area contributed by atoms with E-state index in [9.17, 15) is 14.0 Å². The Bertz CT molecular complexity index is 903. The lowest BCUT2D eigenvalue weighted by Gasteiger charge is -2.31. The van der Waals surface area contributed by atoms with Gasteiger partial charge in [0.25, 0.3) is 0 Å². The smallest absolute Gasteiger partial charge is 0.242 e. The van der Waals surface area contributed by atoms with Gasteiger partial charge in [-0.25, -0.2) is 4.39 Å². The number of nitrogens with one attached hydrogen (secondary N) is 1. The first-order chi connectivity index (χ1) is 15.4. The van der Waals surface area contributed by atoms with Gasteiger partial charge in [-0.15, -0.1) is 11.8 Å². The normalized spacial score (nSPS) is 15.2. The summed E-state index contributed by atoms with van der Waals surface area (Å²) in [6.45, 7) is 1.78. The molecule has 2 aromatic rings. The minimum atomic E-state index is -0.680. The summed E-state index contributed by atoms with van der Waals surface area (Å²) in [7, 11) is 0. The maximum Gasteiger partial charge on any atom is 0.242 e. The summed E-state index contributed by atoms with van der Waals surface area (Å²) in [5, 5.41) is 3.77. The monoisotopic (exact) mass is 476 g/mol. The summed E-state index contributed by atoms with van der Waals surface area (Å²) in [6.07, 6.45) is 5.36. The van der Waals surface area contributed by atoms with Crippen LogP contribution in [-0.4, -0.2) is 34.6 Å². The second-order valence-electron chi connectivity index (χ2n) is 8.25. The molecule has 1 saturated carbocycles. The topological polar surface area (TPSA) is 49.4 Å². The first kappa shape index (κ1) is 24.6. The predicted octanol–water partition coefficient (Wildman–Crippen LogP) is 5.58. The Hall–Kier alpha value is -2.05. The Morgan fingerprint density at radius 3 is 2.50 bits per heavy atom. The van der Waals surface area contributed by atoms with Crippen molar-refractivity contribution in [2.45, 2.75) is 63.4 Å². The lowest BCUT2D eigenvalue weighted by Crippen LogP contribution is -2.51. The maximum atomic E-state index is 14.3. The van der Waals surface area contributed by atoms with E-state index in [-0.39, 0.29) is 36.0 Å². The van der Waals surface area contributed by atoms with Crippen LogP contribution in [0.3, 0.4) is 0 Å². The van der Waals surface area contributed by atoms with E-state index in [0.717, 1.165) is 31.2 Å². The third-order valence-electron chi connectivity index (χ3n) is 5.82. The molecule has 0 heterocycles. The van der Waals surface area contributed by atoms with Crippen LogP contribution in [0.25, 0.3) is 0 Å². The van der Waals surface area contributed by atoms with Gasteiger partial charge in [0, 0.05) is 28.9 Å². The van der Waals surface area contributed by atoms with Gasteiger partial charge in [-0.1, -0.05) is 61.2 Å². The number of nitrogens with zero attached hydrogens (tertiary/aromatic N) is 1. The van der Waals surface area contributed by atoms with Crippen molar-refractivity contribution in [2.24, 2.45) is 0 Å². The van der Waals surface area contributed by atoms with Gasteiger partial charge in [0.05, 0.1) is 5.75 Å². The average molecular weight is 477 g/mol. The van der Waals surface area contributed by atoms with Crippen molar-refractivity contribution in [3.63, 3.8) is 0 Å². The molecular formula is C25H30ClFN2O2S. The summed E-state index contributed by atoms with van der Waals surface area (Å²) < 4.78 is 14.3. The number of hydrogen-bond acceptors (Lipinski definition) is 3. The van der Waals surface area contributed by atoms with E-state index in [2.05, 4.69) is 5.32 Å². The number of thioether (sulfide) groups is 1. The zero-order valence-electron chi connectivity index (χ0n) is 18.4. The molecule has 2 amide bonds. The Morgan fingerprint density at radius 2 is 1.81 bits per heavy atom. The molecule has 0 aromatic heterocycles. The SMILES string of the molecule is C[C@@H](C(=O)NC1CCCCC1)N(Cc1ccccc1F)C(=O)CSCc1ccc(Cl)cc1. The molecule has 0 spiro atoms. The van der Waals surface area contributed by atoms with Gasteiger partial charge in [0.2, 0.25) is 11.8 Å². The molecular weight excluding hydrogens is 447 g/mol. The van der Waals surface area contributed by atoms with Crippen molar-refractivity contribution in [2.75, 3.05) is 5.75 Å². The fourth-order valence-corrected chi connectivity index (χ4v) is 4.88. The number of carbonyl (C=O) groups excluding carboxylic acids is 2. The minimum absolute atomic E-state index is 0.0618. The van der Waals surface area contributed by atoms with Gasteiger partial charge in [0.1, 0.15) is 11.9 Å². The van der Waals surface area contributed by atoms with Crippen molar-refractivity contribution in [1.29, 1.82) is 0 Å². The Kier molecular flexibility index (Phi) is 9.42. The highest BCUT2D eigenvalue weighted by atomic mass is 35.5. The third kappa shape index (κ3) is 7.24. The first-order valence-electron chi connectivity index (χ1n) is 11.1. The summed E-state index contributed by atoms with van der Waals surface area (Å²) in [6, 6.07) is 13.4. The van der Waals surface area contributed by atoms with E-state index in [1.165, 1.54) is 29.1 Å². The van der Waals surface area contributed by atoms with Gasteiger partial charge in [-0.3, -0.25) is 9.59 Å². The second kappa shape index (κ2) is 12.3. The minimum Gasteiger partial charge on any atom is -0.352 e. The average Bonchev–Trinajstić information content (AvgIpc) is 2.80. The number of rotatable bonds is 9. The third-order valence-corrected chi connectivity index (χ3v) is 7.07. The fourth-order valence-electron chi connectivity index (χ4n) is 3.88. The zero-order chi connectivity index (χ0) is 22.9. The summed E-state index contributed by atoms with van der Waals surface area (Å²) >= 11 is 7.39. The number of hydrogen-bond donors (Lipinski definition) is 1. The largest absolute Gasteiger partial charge is 0.352 e. The quantitative estimate of drug-likeness (QED) is 0.514. The van der Waals surface area contributed by atoms with E-state index in [4.69, 9.17) is 11.6 Å². The number of halogens is 2. The Balaban J connectivity index is 1.65. The molecule has 0 bridgehead atoms. The van der Waals surface area contributed by atoms with Crippen molar-refractivity contribution in [1.82, 2.24) is 10.2 Å². The number of amides is 2. The van der Waals surface area contributed by atoms with E-state index in [1.54, 1.807) is 25.1 Å². The molecule has 0 unspecified atom stereocenters. The van der Waals surface area contributed by atoms with Crippen LogP contribution in [-0.2, 0) is 21.9 Å². The molecule has 172 valence electrons. The van der Waals surface area contributed by atoms with Gasteiger partial charge in [-0.2, -0.15) is 0 Å². The highest BCUT2D eigenvalue weighted by Crippen LogP contribution is 2.20. The molecule has 1 N–H and O–H groups in total. The molecule has 0 saturated heterocycles. The van der Waals surface area contributed by atoms with Crippen LogP contribution in [0.1, 0.15) is 50.2 Å². The van der Waals surface area contributed by atoms with Gasteiger partial charge in [0.15, 0.2) is 0 Å². The van der Waals surface area contributed by atoms with E-state index in [0.29, 0.717) is 16.3 Å². The first-order valence-corrected chi connectivity index (χ1v) is 12.6. The number of benzene rings is 2. The van der Waals surface area contributed by atoms with Crippen molar-refractivity contribution in [3.8, 4) is 0 Å². The van der Waals surface area contributed by atoms with Gasteiger partial charge >= 0.3 is 0 Å². The van der Waals surface area contributed by atoms with Crippen LogP contribution in [0.15, 0.2) is 48.5 Å². The lowest BCUT2D eigenvalue weighted by molar-refractivity contribution is -0.139. The van der Waals surface area contributed by atoms with Gasteiger partial charge < -0.3 is 10.2 Å². The highest BCUT2D eigenvalue weighted by Gasteiger charge is 2.28. The van der Waals surface area contributed by atoms with Crippen molar-refractivity contribution < 1.29 is 14.0 Å². The maximum absolute atomic E-state index is 14.3. The van der Waals surface area contributed by atoms with Crippen LogP contribution in [0.2, 0.25) is 5.02 Å². The van der Waals surface area contributed by atoms with E-state index >= 15 is 0 Å². The van der Waals surface area contributed by atoms with Crippen LogP contribution < -0.4 is 5.32 Å². The molecule has 0 radical (unpaired) electrons. The summed E-state index contributed by atoms with van der Waals surface area (Å²) in [5.74, 6) is 0.124. The van der Waals surface area contributed by atoms with Gasteiger partial charge in [-0.05, 0) is 43.5 Å². The molecule has 7 heteroatoms. The predicted molar refractivity (Wildman–Crippen MR) is 129 cm³/mol. The van der Waals surface area contributed by atoms with Crippen LogP contribution in [0.5, 0.6) is 0 Å². The summed E-state index contributed by atoms with van der Waals surface area (Å²) in [5.41, 5.74) is 1.47. The molecule has 3 rings (SSSR count).